The Balaban J connectivity index is 2.08. The van der Waals surface area contributed by atoms with E-state index in [1.807, 2.05) is 20.8 Å². The van der Waals surface area contributed by atoms with Crippen molar-refractivity contribution in [2.24, 2.45) is 0 Å². The monoisotopic (exact) mass is 587 g/mol. The molecule has 3 aromatic rings. The molecule has 0 unspecified atom stereocenters. The van der Waals surface area contributed by atoms with Crippen LogP contribution in [0.4, 0.5) is 10.1 Å². The van der Waals surface area contributed by atoms with Crippen LogP contribution in [-0.4, -0.2) is 43.8 Å². The van der Waals surface area contributed by atoms with Crippen molar-refractivity contribution in [2.75, 3.05) is 10.8 Å². The molecule has 1 N–H and O–H groups in total. The summed E-state index contributed by atoms with van der Waals surface area (Å²) in [5.41, 5.74) is 2.44. The number of rotatable bonds is 11. The molecule has 0 saturated carbocycles. The molecule has 0 saturated heterocycles. The number of carbonyl (C=O) groups is 2. The fourth-order valence-electron chi connectivity index (χ4n) is 4.19. The molecule has 7 nitrogen and oxygen atoms in total. The van der Waals surface area contributed by atoms with E-state index in [1.165, 1.54) is 47.4 Å². The Morgan fingerprint density at radius 3 is 2.15 bits per heavy atom. The SMILES string of the molecule is CC[C@@H](C(=O)NC(C)C)N(Cc1ccc(F)cc1)C(=O)CN(c1ccc(C)c(Cl)c1)S(=O)(=O)c1ccc(C)cc1. The Morgan fingerprint density at radius 1 is 0.975 bits per heavy atom. The molecule has 214 valence electrons. The van der Waals surface area contributed by atoms with Crippen LogP contribution in [0.15, 0.2) is 71.6 Å². The second kappa shape index (κ2) is 13.3. The first kappa shape index (κ1) is 31.1. The van der Waals surface area contributed by atoms with Crippen LogP contribution in [0.25, 0.3) is 0 Å². The van der Waals surface area contributed by atoms with Crippen LogP contribution < -0.4 is 9.62 Å². The van der Waals surface area contributed by atoms with Gasteiger partial charge in [-0.3, -0.25) is 13.9 Å². The number of hydrogen-bond donors (Lipinski definition) is 1. The molecule has 10 heteroatoms. The van der Waals surface area contributed by atoms with Gasteiger partial charge < -0.3 is 10.2 Å². The summed E-state index contributed by atoms with van der Waals surface area (Å²) < 4.78 is 42.4. The first-order chi connectivity index (χ1) is 18.8. The lowest BCUT2D eigenvalue weighted by atomic mass is 10.1. The fourth-order valence-corrected chi connectivity index (χ4v) is 5.77. The lowest BCUT2D eigenvalue weighted by Crippen LogP contribution is -2.53. The number of nitrogens with one attached hydrogen (secondary N) is 1. The molecule has 0 radical (unpaired) electrons. The summed E-state index contributed by atoms with van der Waals surface area (Å²) >= 11 is 6.36. The zero-order chi connectivity index (χ0) is 29.6. The average Bonchev–Trinajstić information content (AvgIpc) is 2.89. The molecular formula is C30H35ClFN3O4S. The molecule has 0 aliphatic carbocycles. The molecule has 0 spiro atoms. The summed E-state index contributed by atoms with van der Waals surface area (Å²) in [6.07, 6.45) is 0.284. The lowest BCUT2D eigenvalue weighted by molar-refractivity contribution is -0.140. The third kappa shape index (κ3) is 7.61. The van der Waals surface area contributed by atoms with Crippen LogP contribution >= 0.6 is 11.6 Å². The Bertz CT molecular complexity index is 1440. The predicted molar refractivity (Wildman–Crippen MR) is 156 cm³/mol. The highest BCUT2D eigenvalue weighted by atomic mass is 35.5. The number of benzene rings is 3. The number of amides is 2. The molecule has 0 aliphatic rings. The molecule has 40 heavy (non-hydrogen) atoms. The summed E-state index contributed by atoms with van der Waals surface area (Å²) in [6.45, 7) is 8.44. The van der Waals surface area contributed by atoms with Crippen molar-refractivity contribution in [3.63, 3.8) is 0 Å². The van der Waals surface area contributed by atoms with Crippen LogP contribution in [0.5, 0.6) is 0 Å². The number of halogens is 2. The van der Waals surface area contributed by atoms with Crippen LogP contribution in [0.2, 0.25) is 5.02 Å². The van der Waals surface area contributed by atoms with E-state index >= 15 is 0 Å². The maximum absolute atomic E-state index is 14.0. The summed E-state index contributed by atoms with van der Waals surface area (Å²) in [7, 11) is -4.20. The van der Waals surface area contributed by atoms with Gasteiger partial charge in [0.05, 0.1) is 10.6 Å². The summed E-state index contributed by atoms with van der Waals surface area (Å²) in [5, 5.41) is 3.19. The third-order valence-electron chi connectivity index (χ3n) is 6.41. The molecule has 0 aliphatic heterocycles. The van der Waals surface area contributed by atoms with E-state index in [0.717, 1.165) is 15.4 Å². The van der Waals surface area contributed by atoms with Gasteiger partial charge in [-0.15, -0.1) is 0 Å². The van der Waals surface area contributed by atoms with E-state index in [-0.39, 0.29) is 35.5 Å². The minimum atomic E-state index is -4.20. The topological polar surface area (TPSA) is 86.8 Å². The Hall–Kier alpha value is -3.43. The smallest absolute Gasteiger partial charge is 0.264 e. The number of nitrogens with zero attached hydrogens (tertiary/aromatic N) is 2. The summed E-state index contributed by atoms with van der Waals surface area (Å²) in [6, 6.07) is 15.7. The van der Waals surface area contributed by atoms with Crippen molar-refractivity contribution in [1.82, 2.24) is 10.2 Å². The molecule has 0 aromatic heterocycles. The first-order valence-corrected chi connectivity index (χ1v) is 14.8. The summed E-state index contributed by atoms with van der Waals surface area (Å²) in [4.78, 5) is 28.5. The van der Waals surface area contributed by atoms with E-state index < -0.39 is 34.3 Å². The van der Waals surface area contributed by atoms with Crippen molar-refractivity contribution >= 4 is 39.1 Å². The van der Waals surface area contributed by atoms with E-state index in [9.17, 15) is 22.4 Å². The maximum Gasteiger partial charge on any atom is 0.264 e. The van der Waals surface area contributed by atoms with Crippen LogP contribution in [0, 0.1) is 19.7 Å². The number of hydrogen-bond acceptors (Lipinski definition) is 4. The lowest BCUT2D eigenvalue weighted by Gasteiger charge is -2.33. The molecule has 2 amide bonds. The molecular weight excluding hydrogens is 553 g/mol. The minimum Gasteiger partial charge on any atom is -0.352 e. The zero-order valence-electron chi connectivity index (χ0n) is 23.3. The fraction of sp³-hybridized carbons (Fsp3) is 0.333. The standard InChI is InChI=1S/C30H35ClFN3O4S/c1-6-28(30(37)33-20(2)3)34(18-23-10-12-24(32)13-11-23)29(36)19-35(25-14-9-22(5)27(31)17-25)40(38,39)26-15-7-21(4)8-16-26/h7-17,20,28H,6,18-19H2,1-5H3,(H,33,37)/t28-/m0/s1. The van der Waals surface area contributed by atoms with Gasteiger partial charge in [0, 0.05) is 17.6 Å². The molecule has 0 bridgehead atoms. The highest BCUT2D eigenvalue weighted by Crippen LogP contribution is 2.29. The number of aryl methyl sites for hydroxylation is 2. The Kier molecular flexibility index (Phi) is 10.3. The van der Waals surface area contributed by atoms with Crippen molar-refractivity contribution in [3.05, 3.63) is 94.3 Å². The van der Waals surface area contributed by atoms with Crippen LogP contribution in [0.3, 0.4) is 0 Å². The molecule has 1 atom stereocenters. The van der Waals surface area contributed by atoms with Gasteiger partial charge in [0.2, 0.25) is 11.8 Å². The molecule has 3 aromatic carbocycles. The van der Waals surface area contributed by atoms with Crippen LogP contribution in [-0.2, 0) is 26.2 Å². The van der Waals surface area contributed by atoms with Gasteiger partial charge in [-0.1, -0.05) is 54.4 Å². The molecule has 0 heterocycles. The average molecular weight is 588 g/mol. The highest BCUT2D eigenvalue weighted by molar-refractivity contribution is 7.92. The van der Waals surface area contributed by atoms with Crippen LogP contribution in [0.1, 0.15) is 43.9 Å². The second-order valence-electron chi connectivity index (χ2n) is 9.99. The quantitative estimate of drug-likeness (QED) is 0.315. The van der Waals surface area contributed by atoms with E-state index in [4.69, 9.17) is 11.6 Å². The van der Waals surface area contributed by atoms with Gasteiger partial charge in [0.25, 0.3) is 10.0 Å². The normalized spacial score (nSPS) is 12.2. The van der Waals surface area contributed by atoms with Crippen molar-refractivity contribution in [1.29, 1.82) is 0 Å². The number of carbonyl (C=O) groups excluding carboxylic acids is 2. The van der Waals surface area contributed by atoms with E-state index in [2.05, 4.69) is 5.32 Å². The Morgan fingerprint density at radius 2 is 1.60 bits per heavy atom. The van der Waals surface area contributed by atoms with E-state index in [1.54, 1.807) is 38.1 Å². The third-order valence-corrected chi connectivity index (χ3v) is 8.61. The van der Waals surface area contributed by atoms with Gasteiger partial charge in [-0.25, -0.2) is 12.8 Å². The van der Waals surface area contributed by atoms with Crippen molar-refractivity contribution in [3.8, 4) is 0 Å². The molecule has 0 fully saturated rings. The van der Waals surface area contributed by atoms with Crippen molar-refractivity contribution in [2.45, 2.75) is 64.6 Å². The maximum atomic E-state index is 14.0. The van der Waals surface area contributed by atoms with Gasteiger partial charge in [-0.2, -0.15) is 0 Å². The van der Waals surface area contributed by atoms with Gasteiger partial charge >= 0.3 is 0 Å². The van der Waals surface area contributed by atoms with Gasteiger partial charge in [0.1, 0.15) is 18.4 Å². The number of anilines is 1. The number of sulfonamides is 1. The zero-order valence-corrected chi connectivity index (χ0v) is 24.9. The van der Waals surface area contributed by atoms with Gasteiger partial charge in [-0.05, 0) is 81.6 Å². The Labute approximate surface area is 241 Å². The molecule has 3 rings (SSSR count). The minimum absolute atomic E-state index is 0.0114. The highest BCUT2D eigenvalue weighted by Gasteiger charge is 2.34. The first-order valence-electron chi connectivity index (χ1n) is 13.0. The predicted octanol–water partition coefficient (Wildman–Crippen LogP) is 5.62. The van der Waals surface area contributed by atoms with Crippen molar-refractivity contribution < 1.29 is 22.4 Å². The largest absolute Gasteiger partial charge is 0.352 e. The van der Waals surface area contributed by atoms with Gasteiger partial charge in [0.15, 0.2) is 0 Å². The summed E-state index contributed by atoms with van der Waals surface area (Å²) in [5.74, 6) is -1.39. The van der Waals surface area contributed by atoms with E-state index in [0.29, 0.717) is 10.6 Å². The second-order valence-corrected chi connectivity index (χ2v) is 12.3.